The van der Waals surface area contributed by atoms with E-state index >= 15 is 0 Å². The Hall–Kier alpha value is -1.39. The van der Waals surface area contributed by atoms with Gasteiger partial charge in [0.2, 0.25) is 5.91 Å². The van der Waals surface area contributed by atoms with E-state index in [0.717, 1.165) is 32.4 Å². The second-order valence-electron chi connectivity index (χ2n) is 8.22. The first-order valence-corrected chi connectivity index (χ1v) is 9.88. The summed E-state index contributed by atoms with van der Waals surface area (Å²) in [5, 5.41) is 0. The van der Waals surface area contributed by atoms with E-state index in [1.165, 1.54) is 30.4 Å². The van der Waals surface area contributed by atoms with Gasteiger partial charge in [0.05, 0.1) is 13.2 Å². The second kappa shape index (κ2) is 6.10. The smallest absolute Gasteiger partial charge is 0.226 e. The Kier molecular flexibility index (Phi) is 3.86. The number of piperidine rings is 1. The van der Waals surface area contributed by atoms with E-state index in [9.17, 15) is 4.79 Å². The molecular formula is C21H27NO3. The van der Waals surface area contributed by atoms with Gasteiger partial charge >= 0.3 is 0 Å². The molecule has 0 radical (unpaired) electrons. The van der Waals surface area contributed by atoms with Gasteiger partial charge in [0, 0.05) is 30.3 Å². The largest absolute Gasteiger partial charge is 0.350 e. The Morgan fingerprint density at radius 2 is 2.00 bits per heavy atom. The standard InChI is InChI=1S/C21H27NO3/c23-19(22-10-4-7-16(14-22)20-24-11-12-25-20)18-13-21(18)9-3-6-15-5-1-2-8-17(15)21/h1-2,5,8,16,18,20H,3-4,6-7,9-14H2/t16-,18+,21-/m1/s1. The first kappa shape index (κ1) is 15.8. The molecule has 5 rings (SSSR count). The molecule has 2 aliphatic carbocycles. The van der Waals surface area contributed by atoms with Crippen LogP contribution >= 0.6 is 0 Å². The minimum absolute atomic E-state index is 0.0980. The Morgan fingerprint density at radius 1 is 1.16 bits per heavy atom. The summed E-state index contributed by atoms with van der Waals surface area (Å²) in [5.74, 6) is 0.908. The number of aryl methyl sites for hydroxylation is 1. The molecule has 0 unspecified atom stereocenters. The van der Waals surface area contributed by atoms with Crippen LogP contribution in [0.4, 0.5) is 0 Å². The summed E-state index contributed by atoms with van der Waals surface area (Å²) in [7, 11) is 0. The number of nitrogens with zero attached hydrogens (tertiary/aromatic N) is 1. The summed E-state index contributed by atoms with van der Waals surface area (Å²) in [6, 6.07) is 8.79. The predicted molar refractivity (Wildman–Crippen MR) is 94.2 cm³/mol. The highest BCUT2D eigenvalue weighted by Crippen LogP contribution is 2.61. The van der Waals surface area contributed by atoms with Crippen molar-refractivity contribution < 1.29 is 14.3 Å². The Morgan fingerprint density at radius 3 is 2.88 bits per heavy atom. The van der Waals surface area contributed by atoms with Gasteiger partial charge in [-0.1, -0.05) is 24.3 Å². The van der Waals surface area contributed by atoms with Crippen molar-refractivity contribution in [1.29, 1.82) is 0 Å². The minimum atomic E-state index is -0.0980. The number of rotatable bonds is 2. The third kappa shape index (κ3) is 2.61. The number of hydrogen-bond donors (Lipinski definition) is 0. The van der Waals surface area contributed by atoms with Gasteiger partial charge in [0.25, 0.3) is 0 Å². The lowest BCUT2D eigenvalue weighted by Gasteiger charge is -2.36. The van der Waals surface area contributed by atoms with Gasteiger partial charge in [-0.2, -0.15) is 0 Å². The van der Waals surface area contributed by atoms with E-state index in [1.54, 1.807) is 0 Å². The van der Waals surface area contributed by atoms with E-state index in [1.807, 2.05) is 0 Å². The summed E-state index contributed by atoms with van der Waals surface area (Å²) in [6.45, 7) is 3.09. The zero-order chi connectivity index (χ0) is 16.9. The van der Waals surface area contributed by atoms with Crippen molar-refractivity contribution in [2.75, 3.05) is 26.3 Å². The van der Waals surface area contributed by atoms with Gasteiger partial charge in [-0.3, -0.25) is 4.79 Å². The van der Waals surface area contributed by atoms with E-state index in [0.29, 0.717) is 25.0 Å². The lowest BCUT2D eigenvalue weighted by molar-refractivity contribution is -0.141. The van der Waals surface area contributed by atoms with Crippen LogP contribution in [-0.2, 0) is 26.1 Å². The number of likely N-dealkylation sites (tertiary alicyclic amines) is 1. The number of hydrogen-bond acceptors (Lipinski definition) is 3. The average molecular weight is 341 g/mol. The number of benzene rings is 1. The molecule has 1 aromatic carbocycles. The van der Waals surface area contributed by atoms with Gasteiger partial charge in [-0.15, -0.1) is 0 Å². The summed E-state index contributed by atoms with van der Waals surface area (Å²) >= 11 is 0. The third-order valence-electron chi connectivity index (χ3n) is 6.80. The van der Waals surface area contributed by atoms with E-state index in [4.69, 9.17) is 9.47 Å². The molecule has 0 bridgehead atoms. The van der Waals surface area contributed by atoms with Crippen molar-refractivity contribution in [3.8, 4) is 0 Å². The quantitative estimate of drug-likeness (QED) is 0.830. The molecule has 0 aromatic heterocycles. The Bertz CT molecular complexity index is 669. The molecule has 0 N–H and O–H groups in total. The highest BCUT2D eigenvalue weighted by molar-refractivity contribution is 5.85. The molecule has 134 valence electrons. The molecule has 4 aliphatic rings. The maximum atomic E-state index is 13.2. The van der Waals surface area contributed by atoms with Crippen LogP contribution in [-0.4, -0.2) is 43.4 Å². The highest BCUT2D eigenvalue weighted by Gasteiger charge is 2.61. The van der Waals surface area contributed by atoms with Crippen molar-refractivity contribution in [1.82, 2.24) is 4.90 Å². The van der Waals surface area contributed by atoms with Crippen LogP contribution in [0.2, 0.25) is 0 Å². The normalized spacial score (nSPS) is 35.0. The van der Waals surface area contributed by atoms with Crippen molar-refractivity contribution in [3.05, 3.63) is 35.4 Å². The van der Waals surface area contributed by atoms with Gasteiger partial charge in [-0.05, 0) is 49.7 Å². The van der Waals surface area contributed by atoms with E-state index in [2.05, 4.69) is 29.2 Å². The van der Waals surface area contributed by atoms with Crippen molar-refractivity contribution in [2.45, 2.75) is 50.2 Å². The molecule has 2 saturated heterocycles. The molecular weight excluding hydrogens is 314 g/mol. The fraction of sp³-hybridized carbons (Fsp3) is 0.667. The molecule has 1 amide bonds. The Balaban J connectivity index is 1.31. The van der Waals surface area contributed by atoms with Gasteiger partial charge in [0.15, 0.2) is 6.29 Å². The van der Waals surface area contributed by atoms with Crippen LogP contribution in [0.1, 0.15) is 43.2 Å². The molecule has 25 heavy (non-hydrogen) atoms. The van der Waals surface area contributed by atoms with Crippen LogP contribution in [0.15, 0.2) is 24.3 Å². The lowest BCUT2D eigenvalue weighted by Crippen LogP contribution is -2.45. The highest BCUT2D eigenvalue weighted by atomic mass is 16.7. The minimum Gasteiger partial charge on any atom is -0.350 e. The number of carbonyl (C=O) groups is 1. The molecule has 4 heteroatoms. The predicted octanol–water partition coefficient (Wildman–Crippen LogP) is 2.89. The molecule has 2 aliphatic heterocycles. The lowest BCUT2D eigenvalue weighted by atomic mass is 9.78. The first-order chi connectivity index (χ1) is 12.3. The number of carbonyl (C=O) groups excluding carboxylic acids is 1. The molecule has 1 aromatic rings. The van der Waals surface area contributed by atoms with Crippen molar-refractivity contribution in [3.63, 3.8) is 0 Å². The molecule has 2 heterocycles. The van der Waals surface area contributed by atoms with Crippen molar-refractivity contribution >= 4 is 5.91 Å². The van der Waals surface area contributed by atoms with Gasteiger partial charge < -0.3 is 14.4 Å². The maximum Gasteiger partial charge on any atom is 0.226 e. The summed E-state index contributed by atoms with van der Waals surface area (Å²) in [4.78, 5) is 15.4. The average Bonchev–Trinajstić information content (AvgIpc) is 3.11. The van der Waals surface area contributed by atoms with Crippen LogP contribution < -0.4 is 0 Å². The number of ether oxygens (including phenoxy) is 2. The van der Waals surface area contributed by atoms with E-state index in [-0.39, 0.29) is 17.6 Å². The Labute approximate surface area is 149 Å². The van der Waals surface area contributed by atoms with Gasteiger partial charge in [-0.25, -0.2) is 0 Å². The summed E-state index contributed by atoms with van der Waals surface area (Å²) in [6.07, 6.45) is 6.67. The zero-order valence-corrected chi connectivity index (χ0v) is 14.8. The maximum absolute atomic E-state index is 13.2. The molecule has 3 fully saturated rings. The molecule has 1 saturated carbocycles. The summed E-state index contributed by atoms with van der Waals surface area (Å²) < 4.78 is 11.4. The zero-order valence-electron chi connectivity index (χ0n) is 14.8. The monoisotopic (exact) mass is 341 g/mol. The van der Waals surface area contributed by atoms with E-state index < -0.39 is 0 Å². The molecule has 3 atom stereocenters. The molecule has 1 spiro atoms. The molecule has 4 nitrogen and oxygen atoms in total. The SMILES string of the molecule is O=C([C@@H]1C[C@@]12CCCc1ccccc12)N1CCC[C@@H](C2OCCO2)C1. The van der Waals surface area contributed by atoms with Crippen molar-refractivity contribution in [2.24, 2.45) is 11.8 Å². The number of fused-ring (bicyclic) bond motifs is 2. The second-order valence-corrected chi connectivity index (χ2v) is 8.22. The van der Waals surface area contributed by atoms with Gasteiger partial charge in [0.1, 0.15) is 0 Å². The third-order valence-corrected chi connectivity index (χ3v) is 6.80. The fourth-order valence-corrected chi connectivity index (χ4v) is 5.46. The van der Waals surface area contributed by atoms with Crippen LogP contribution in [0, 0.1) is 11.8 Å². The van der Waals surface area contributed by atoms with Crippen LogP contribution in [0.25, 0.3) is 0 Å². The first-order valence-electron chi connectivity index (χ1n) is 9.88. The topological polar surface area (TPSA) is 38.8 Å². The summed E-state index contributed by atoms with van der Waals surface area (Å²) in [5.41, 5.74) is 3.06. The number of amides is 1. The fourth-order valence-electron chi connectivity index (χ4n) is 5.46. The van der Waals surface area contributed by atoms with Crippen LogP contribution in [0.3, 0.4) is 0 Å². The van der Waals surface area contributed by atoms with Crippen LogP contribution in [0.5, 0.6) is 0 Å².